The van der Waals surface area contributed by atoms with E-state index in [1.54, 1.807) is 12.3 Å². The summed E-state index contributed by atoms with van der Waals surface area (Å²) >= 11 is 0. The summed E-state index contributed by atoms with van der Waals surface area (Å²) in [6.45, 7) is 2.33. The number of benzene rings is 1. The van der Waals surface area contributed by atoms with Gasteiger partial charge in [-0.25, -0.2) is 4.98 Å². The second-order valence-corrected chi connectivity index (χ2v) is 4.31. The van der Waals surface area contributed by atoms with Crippen molar-refractivity contribution in [3.05, 3.63) is 59.4 Å². The molecule has 4 heteroatoms. The Balaban J connectivity index is 2.06. The quantitative estimate of drug-likeness (QED) is 0.908. The minimum atomic E-state index is -0.0188. The van der Waals surface area contributed by atoms with Gasteiger partial charge in [-0.15, -0.1) is 0 Å². The molecule has 1 aromatic carbocycles. The highest BCUT2D eigenvalue weighted by atomic mass is 16.5. The maximum Gasteiger partial charge on any atom is 0.140 e. The first kappa shape index (κ1) is 13.1. The van der Waals surface area contributed by atoms with E-state index >= 15 is 0 Å². The SMILES string of the molecule is C[C@@H](N)c1cccc(OCc2ccnc(C#N)c2)c1. The van der Waals surface area contributed by atoms with Crippen LogP contribution in [-0.4, -0.2) is 4.98 Å². The van der Waals surface area contributed by atoms with Crippen molar-refractivity contribution < 1.29 is 4.74 Å². The van der Waals surface area contributed by atoms with E-state index in [1.807, 2.05) is 43.3 Å². The maximum atomic E-state index is 8.78. The lowest BCUT2D eigenvalue weighted by atomic mass is 10.1. The van der Waals surface area contributed by atoms with Gasteiger partial charge in [0.05, 0.1) is 0 Å². The molecule has 0 unspecified atom stereocenters. The van der Waals surface area contributed by atoms with Gasteiger partial charge in [0.15, 0.2) is 0 Å². The van der Waals surface area contributed by atoms with Crippen LogP contribution < -0.4 is 10.5 Å². The number of hydrogen-bond acceptors (Lipinski definition) is 4. The highest BCUT2D eigenvalue weighted by Crippen LogP contribution is 2.18. The Labute approximate surface area is 112 Å². The van der Waals surface area contributed by atoms with Gasteiger partial charge in [0.25, 0.3) is 0 Å². The molecule has 0 bridgehead atoms. The molecule has 2 N–H and O–H groups in total. The fraction of sp³-hybridized carbons (Fsp3) is 0.200. The van der Waals surface area contributed by atoms with Crippen molar-refractivity contribution in [3.8, 4) is 11.8 Å². The van der Waals surface area contributed by atoms with E-state index < -0.39 is 0 Å². The summed E-state index contributed by atoms with van der Waals surface area (Å²) in [6.07, 6.45) is 1.61. The summed E-state index contributed by atoms with van der Waals surface area (Å²) in [7, 11) is 0. The number of nitrogens with zero attached hydrogens (tertiary/aromatic N) is 2. The van der Waals surface area contributed by atoms with E-state index in [4.69, 9.17) is 15.7 Å². The lowest BCUT2D eigenvalue weighted by molar-refractivity contribution is 0.305. The zero-order chi connectivity index (χ0) is 13.7. The van der Waals surface area contributed by atoms with Gasteiger partial charge in [0.2, 0.25) is 0 Å². The molecular formula is C15H15N3O. The zero-order valence-electron chi connectivity index (χ0n) is 10.7. The molecule has 0 spiro atoms. The second kappa shape index (κ2) is 5.98. The van der Waals surface area contributed by atoms with Crippen LogP contribution in [0.5, 0.6) is 5.75 Å². The average molecular weight is 253 g/mol. The fourth-order valence-electron chi connectivity index (χ4n) is 1.68. The van der Waals surface area contributed by atoms with Crippen molar-refractivity contribution in [2.45, 2.75) is 19.6 Å². The van der Waals surface area contributed by atoms with E-state index in [9.17, 15) is 0 Å². The van der Waals surface area contributed by atoms with Crippen molar-refractivity contribution in [1.29, 1.82) is 5.26 Å². The fourth-order valence-corrected chi connectivity index (χ4v) is 1.68. The van der Waals surface area contributed by atoms with Gasteiger partial charge in [-0.1, -0.05) is 12.1 Å². The smallest absolute Gasteiger partial charge is 0.140 e. The van der Waals surface area contributed by atoms with Crippen molar-refractivity contribution in [2.24, 2.45) is 5.73 Å². The summed E-state index contributed by atoms with van der Waals surface area (Å²) < 4.78 is 5.69. The van der Waals surface area contributed by atoms with E-state index in [-0.39, 0.29) is 6.04 Å². The van der Waals surface area contributed by atoms with Gasteiger partial charge in [-0.3, -0.25) is 0 Å². The number of ether oxygens (including phenoxy) is 1. The Morgan fingerprint density at radius 2 is 2.21 bits per heavy atom. The van der Waals surface area contributed by atoms with Crippen molar-refractivity contribution in [3.63, 3.8) is 0 Å². The first-order valence-electron chi connectivity index (χ1n) is 6.02. The molecule has 0 saturated heterocycles. The van der Waals surface area contributed by atoms with Crippen LogP contribution in [0.4, 0.5) is 0 Å². The molecule has 1 atom stereocenters. The van der Waals surface area contributed by atoms with Crippen LogP contribution in [0, 0.1) is 11.3 Å². The number of nitrogens with two attached hydrogens (primary N) is 1. The van der Waals surface area contributed by atoms with Crippen LogP contribution in [0.1, 0.15) is 29.8 Å². The van der Waals surface area contributed by atoms with Gasteiger partial charge in [-0.2, -0.15) is 5.26 Å². The lowest BCUT2D eigenvalue weighted by Crippen LogP contribution is -2.05. The number of pyridine rings is 1. The Hall–Kier alpha value is -2.38. The van der Waals surface area contributed by atoms with E-state index in [0.717, 1.165) is 16.9 Å². The Morgan fingerprint density at radius 3 is 2.95 bits per heavy atom. The minimum Gasteiger partial charge on any atom is -0.489 e. The normalized spacial score (nSPS) is 11.6. The first-order chi connectivity index (χ1) is 9.19. The number of aromatic nitrogens is 1. The molecule has 4 nitrogen and oxygen atoms in total. The summed E-state index contributed by atoms with van der Waals surface area (Å²) in [5.41, 5.74) is 8.17. The monoisotopic (exact) mass is 253 g/mol. The van der Waals surface area contributed by atoms with Crippen LogP contribution in [0.15, 0.2) is 42.6 Å². The molecule has 2 aromatic rings. The van der Waals surface area contributed by atoms with Crippen LogP contribution in [0.3, 0.4) is 0 Å². The second-order valence-electron chi connectivity index (χ2n) is 4.31. The summed E-state index contributed by atoms with van der Waals surface area (Å²) in [6, 6.07) is 13.2. The molecule has 0 aliphatic heterocycles. The maximum absolute atomic E-state index is 8.78. The largest absolute Gasteiger partial charge is 0.489 e. The first-order valence-corrected chi connectivity index (χ1v) is 6.02. The topological polar surface area (TPSA) is 71.9 Å². The molecule has 2 rings (SSSR count). The number of rotatable bonds is 4. The third kappa shape index (κ3) is 3.54. The molecule has 1 aromatic heterocycles. The number of nitriles is 1. The zero-order valence-corrected chi connectivity index (χ0v) is 10.7. The Bertz CT molecular complexity index is 602. The standard InChI is InChI=1S/C15H15N3O/c1-11(17)13-3-2-4-15(8-13)19-10-12-5-6-18-14(7-12)9-16/h2-8,11H,10,17H2,1H3/t11-/m1/s1. The molecule has 0 amide bonds. The van der Waals surface area contributed by atoms with Gasteiger partial charge >= 0.3 is 0 Å². The van der Waals surface area contributed by atoms with Crippen molar-refractivity contribution >= 4 is 0 Å². The molecule has 0 fully saturated rings. The van der Waals surface area contributed by atoms with Crippen LogP contribution in [-0.2, 0) is 6.61 Å². The number of hydrogen-bond donors (Lipinski definition) is 1. The highest BCUT2D eigenvalue weighted by Gasteiger charge is 2.02. The molecule has 96 valence electrons. The van der Waals surface area contributed by atoms with Gasteiger partial charge in [0.1, 0.15) is 24.1 Å². The molecule has 19 heavy (non-hydrogen) atoms. The third-order valence-electron chi connectivity index (χ3n) is 2.73. The minimum absolute atomic E-state index is 0.0188. The molecule has 0 aliphatic carbocycles. The molecular weight excluding hydrogens is 238 g/mol. The van der Waals surface area contributed by atoms with E-state index in [1.165, 1.54) is 0 Å². The van der Waals surface area contributed by atoms with E-state index in [0.29, 0.717) is 12.3 Å². The average Bonchev–Trinajstić information content (AvgIpc) is 2.45. The predicted octanol–water partition coefficient (Wildman–Crippen LogP) is 2.55. The van der Waals surface area contributed by atoms with Crippen LogP contribution in [0.25, 0.3) is 0 Å². The molecule has 0 aliphatic rings. The van der Waals surface area contributed by atoms with Crippen molar-refractivity contribution in [1.82, 2.24) is 4.98 Å². The Kier molecular flexibility index (Phi) is 4.11. The van der Waals surface area contributed by atoms with Gasteiger partial charge < -0.3 is 10.5 Å². The molecule has 0 radical (unpaired) electrons. The summed E-state index contributed by atoms with van der Waals surface area (Å²) in [5.74, 6) is 0.769. The Morgan fingerprint density at radius 1 is 1.37 bits per heavy atom. The highest BCUT2D eigenvalue weighted by molar-refractivity contribution is 5.31. The molecule has 1 heterocycles. The van der Waals surface area contributed by atoms with Gasteiger partial charge in [-0.05, 0) is 42.3 Å². The van der Waals surface area contributed by atoms with Gasteiger partial charge in [0, 0.05) is 12.2 Å². The molecule has 0 saturated carbocycles. The summed E-state index contributed by atoms with van der Waals surface area (Å²) in [5, 5.41) is 8.78. The van der Waals surface area contributed by atoms with Crippen LogP contribution >= 0.6 is 0 Å². The third-order valence-corrected chi connectivity index (χ3v) is 2.73. The summed E-state index contributed by atoms with van der Waals surface area (Å²) in [4.78, 5) is 3.92. The lowest BCUT2D eigenvalue weighted by Gasteiger charge is -2.10. The van der Waals surface area contributed by atoms with E-state index in [2.05, 4.69) is 4.98 Å². The van der Waals surface area contributed by atoms with Crippen molar-refractivity contribution in [2.75, 3.05) is 0 Å². The predicted molar refractivity (Wildman–Crippen MR) is 72.3 cm³/mol. The van der Waals surface area contributed by atoms with Crippen LogP contribution in [0.2, 0.25) is 0 Å².